The predicted octanol–water partition coefficient (Wildman–Crippen LogP) is 5.27. The van der Waals surface area contributed by atoms with E-state index in [-0.39, 0.29) is 11.7 Å². The zero-order valence-electron chi connectivity index (χ0n) is 17.5. The van der Waals surface area contributed by atoms with Crippen molar-refractivity contribution in [1.29, 1.82) is 0 Å². The number of thioether (sulfide) groups is 1. The third kappa shape index (κ3) is 4.60. The smallest absolute Gasteiger partial charge is 0.236 e. The quantitative estimate of drug-likeness (QED) is 0.481. The number of nitrogens with zero attached hydrogens (tertiary/aromatic N) is 5. The van der Waals surface area contributed by atoms with E-state index in [1.165, 1.54) is 65.6 Å². The van der Waals surface area contributed by atoms with Gasteiger partial charge >= 0.3 is 0 Å². The summed E-state index contributed by atoms with van der Waals surface area (Å²) in [4.78, 5) is 13.7. The molecule has 0 aromatic carbocycles. The van der Waals surface area contributed by atoms with Gasteiger partial charge < -0.3 is 4.57 Å². The summed E-state index contributed by atoms with van der Waals surface area (Å²) in [5, 5.41) is 24.6. The molecule has 1 saturated carbocycles. The Morgan fingerprint density at radius 3 is 2.70 bits per heavy atom. The van der Waals surface area contributed by atoms with E-state index in [4.69, 9.17) is 0 Å². The van der Waals surface area contributed by atoms with Gasteiger partial charge in [0, 0.05) is 28.3 Å². The van der Waals surface area contributed by atoms with Crippen molar-refractivity contribution in [1.82, 2.24) is 25.0 Å². The van der Waals surface area contributed by atoms with Gasteiger partial charge in [-0.2, -0.15) is 0 Å². The van der Waals surface area contributed by atoms with Gasteiger partial charge in [-0.05, 0) is 39.2 Å². The first kappa shape index (κ1) is 21.5. The fraction of sp³-hybridized carbons (Fsp3) is 0.550. The zero-order valence-corrected chi connectivity index (χ0v) is 19.9. The highest BCUT2D eigenvalue weighted by Crippen LogP contribution is 2.35. The maximum absolute atomic E-state index is 12.5. The van der Waals surface area contributed by atoms with Crippen LogP contribution in [-0.4, -0.2) is 36.6 Å². The van der Waals surface area contributed by atoms with Crippen molar-refractivity contribution in [2.45, 2.75) is 70.5 Å². The lowest BCUT2D eigenvalue weighted by molar-refractivity contribution is -0.113. The van der Waals surface area contributed by atoms with Gasteiger partial charge in [-0.3, -0.25) is 10.1 Å². The molecular formula is C20H26N6OS3. The fourth-order valence-electron chi connectivity index (χ4n) is 3.70. The van der Waals surface area contributed by atoms with Gasteiger partial charge in [-0.25, -0.2) is 0 Å². The highest BCUT2D eigenvalue weighted by atomic mass is 32.2. The highest BCUT2D eigenvalue weighted by Gasteiger charge is 2.21. The van der Waals surface area contributed by atoms with Gasteiger partial charge in [0.15, 0.2) is 11.0 Å². The van der Waals surface area contributed by atoms with Crippen LogP contribution in [0.25, 0.3) is 11.4 Å². The number of hydrogen-bond acceptors (Lipinski definition) is 8. The lowest BCUT2D eigenvalue weighted by Gasteiger charge is -2.18. The Morgan fingerprint density at radius 1 is 1.20 bits per heavy atom. The molecule has 0 atom stereocenters. The maximum Gasteiger partial charge on any atom is 0.236 e. The monoisotopic (exact) mass is 462 g/mol. The molecule has 0 saturated heterocycles. The number of aryl methyl sites for hydroxylation is 1. The summed E-state index contributed by atoms with van der Waals surface area (Å²) in [6.45, 7) is 7.05. The maximum atomic E-state index is 12.5. The number of carbonyl (C=O) groups is 1. The van der Waals surface area contributed by atoms with Gasteiger partial charge in [0.05, 0.1) is 5.75 Å². The molecular weight excluding hydrogens is 436 g/mol. The van der Waals surface area contributed by atoms with Crippen LogP contribution in [0.3, 0.4) is 0 Å². The van der Waals surface area contributed by atoms with E-state index in [1.807, 2.05) is 0 Å². The van der Waals surface area contributed by atoms with Crippen molar-refractivity contribution in [2.24, 2.45) is 0 Å². The largest absolute Gasteiger partial charge is 0.302 e. The molecule has 0 spiro atoms. The van der Waals surface area contributed by atoms with E-state index in [1.54, 1.807) is 11.3 Å². The molecule has 3 aromatic heterocycles. The third-order valence-corrected chi connectivity index (χ3v) is 8.51. The van der Waals surface area contributed by atoms with Crippen molar-refractivity contribution in [3.05, 3.63) is 20.8 Å². The standard InChI is InChI=1S/C20H26N6OS3/c1-4-26-17(15-10-28-13(3)12(15)2)22-25-20(26)29-11-16(27)21-19-24-23-18(30-19)14-8-6-5-7-9-14/h10,14H,4-9,11H2,1-3H3,(H,21,24,27). The summed E-state index contributed by atoms with van der Waals surface area (Å²) in [7, 11) is 0. The fourth-order valence-corrected chi connectivity index (χ4v) is 6.29. The van der Waals surface area contributed by atoms with Gasteiger partial charge in [0.25, 0.3) is 0 Å². The van der Waals surface area contributed by atoms with E-state index < -0.39 is 0 Å². The van der Waals surface area contributed by atoms with Crippen LogP contribution < -0.4 is 5.32 Å². The highest BCUT2D eigenvalue weighted by molar-refractivity contribution is 7.99. The van der Waals surface area contributed by atoms with Gasteiger partial charge in [0.2, 0.25) is 11.0 Å². The van der Waals surface area contributed by atoms with Crippen LogP contribution in [0.5, 0.6) is 0 Å². The summed E-state index contributed by atoms with van der Waals surface area (Å²) in [5.41, 5.74) is 2.36. The van der Waals surface area contributed by atoms with Crippen molar-refractivity contribution < 1.29 is 4.79 Å². The molecule has 1 N–H and O–H groups in total. The lowest BCUT2D eigenvalue weighted by atomic mass is 9.90. The van der Waals surface area contributed by atoms with Crippen LogP contribution in [0.4, 0.5) is 5.13 Å². The van der Waals surface area contributed by atoms with Gasteiger partial charge in [-0.1, -0.05) is 42.4 Å². The van der Waals surface area contributed by atoms with E-state index in [0.717, 1.165) is 28.1 Å². The third-order valence-electron chi connectivity index (χ3n) is 5.53. The number of hydrogen-bond donors (Lipinski definition) is 1. The van der Waals surface area contributed by atoms with E-state index in [0.29, 0.717) is 11.0 Å². The summed E-state index contributed by atoms with van der Waals surface area (Å²) in [6.07, 6.45) is 6.18. The average Bonchev–Trinajstić information content (AvgIpc) is 3.47. The number of aromatic nitrogens is 5. The predicted molar refractivity (Wildman–Crippen MR) is 124 cm³/mol. The summed E-state index contributed by atoms with van der Waals surface area (Å²) in [5.74, 6) is 1.53. The molecule has 1 aliphatic rings. The lowest BCUT2D eigenvalue weighted by Crippen LogP contribution is -2.14. The Labute approximate surface area is 188 Å². The molecule has 0 unspecified atom stereocenters. The second-order valence-corrected chi connectivity index (χ2v) is 10.5. The molecule has 160 valence electrons. The van der Waals surface area contributed by atoms with Crippen molar-refractivity contribution in [3.63, 3.8) is 0 Å². The number of nitrogens with one attached hydrogen (secondary N) is 1. The van der Waals surface area contributed by atoms with Crippen molar-refractivity contribution in [3.8, 4) is 11.4 Å². The van der Waals surface area contributed by atoms with Crippen LogP contribution >= 0.6 is 34.4 Å². The number of carbonyl (C=O) groups excluding carboxylic acids is 1. The van der Waals surface area contributed by atoms with Crippen molar-refractivity contribution in [2.75, 3.05) is 11.1 Å². The van der Waals surface area contributed by atoms with E-state index >= 15 is 0 Å². The van der Waals surface area contributed by atoms with Crippen LogP contribution in [-0.2, 0) is 11.3 Å². The molecule has 3 heterocycles. The number of rotatable bonds is 7. The molecule has 0 bridgehead atoms. The Balaban J connectivity index is 1.37. The van der Waals surface area contributed by atoms with Gasteiger partial charge in [-0.15, -0.1) is 31.7 Å². The first-order valence-electron chi connectivity index (χ1n) is 10.3. The SMILES string of the molecule is CCn1c(SCC(=O)Nc2nnc(C3CCCCC3)s2)nnc1-c1csc(C)c1C. The van der Waals surface area contributed by atoms with E-state index in [9.17, 15) is 4.79 Å². The minimum Gasteiger partial charge on any atom is -0.302 e. The second-order valence-electron chi connectivity index (χ2n) is 7.50. The molecule has 0 radical (unpaired) electrons. The number of anilines is 1. The molecule has 3 aromatic rings. The first-order valence-corrected chi connectivity index (χ1v) is 13.0. The average molecular weight is 463 g/mol. The van der Waals surface area contributed by atoms with Crippen molar-refractivity contribution >= 4 is 45.5 Å². The Morgan fingerprint density at radius 2 is 2.00 bits per heavy atom. The van der Waals surface area contributed by atoms with Crippen LogP contribution in [0, 0.1) is 13.8 Å². The minimum absolute atomic E-state index is 0.0962. The normalized spacial score (nSPS) is 14.9. The number of thiophene rings is 1. The molecule has 4 rings (SSSR count). The summed E-state index contributed by atoms with van der Waals surface area (Å²) in [6, 6.07) is 0. The van der Waals surface area contributed by atoms with E-state index in [2.05, 4.69) is 56.4 Å². The van der Waals surface area contributed by atoms with Crippen LogP contribution in [0.2, 0.25) is 0 Å². The molecule has 1 amide bonds. The molecule has 10 heteroatoms. The Bertz CT molecular complexity index is 1020. The van der Waals surface area contributed by atoms with Crippen LogP contribution in [0.1, 0.15) is 60.4 Å². The molecule has 1 aliphatic carbocycles. The second kappa shape index (κ2) is 9.57. The Kier molecular flexibility index (Phi) is 6.84. The van der Waals surface area contributed by atoms with Gasteiger partial charge in [0.1, 0.15) is 5.01 Å². The zero-order chi connectivity index (χ0) is 21.1. The Hall–Kier alpha value is -1.78. The first-order chi connectivity index (χ1) is 14.6. The molecule has 1 fully saturated rings. The molecule has 7 nitrogen and oxygen atoms in total. The topological polar surface area (TPSA) is 85.6 Å². The molecule has 30 heavy (non-hydrogen) atoms. The minimum atomic E-state index is -0.0962. The summed E-state index contributed by atoms with van der Waals surface area (Å²) >= 11 is 4.63. The summed E-state index contributed by atoms with van der Waals surface area (Å²) < 4.78 is 2.07. The molecule has 0 aliphatic heterocycles. The number of amides is 1. The van der Waals surface area contributed by atoms with Crippen LogP contribution in [0.15, 0.2) is 10.5 Å².